The summed E-state index contributed by atoms with van der Waals surface area (Å²) in [4.78, 5) is 15.8. The van der Waals surface area contributed by atoms with Crippen molar-refractivity contribution < 1.29 is 4.79 Å². The molecule has 0 radical (unpaired) electrons. The maximum atomic E-state index is 12.0. The number of nitrogens with two attached hydrogens (primary N) is 1. The Morgan fingerprint density at radius 3 is 2.37 bits per heavy atom. The molecule has 0 fully saturated rings. The minimum atomic E-state index is -0.442. The largest absolute Gasteiger partial charge is 0.397 e. The van der Waals surface area contributed by atoms with Crippen molar-refractivity contribution >= 4 is 52.1 Å². The number of pyridine rings is 1. The van der Waals surface area contributed by atoms with Crippen molar-refractivity contribution in [2.45, 2.75) is 0 Å². The molecule has 0 aliphatic heterocycles. The van der Waals surface area contributed by atoms with Gasteiger partial charge in [0.25, 0.3) is 5.91 Å². The Labute approximate surface area is 124 Å². The molecular formula is C12H8Cl3N3O. The van der Waals surface area contributed by atoms with Gasteiger partial charge in [-0.25, -0.2) is 4.98 Å². The molecule has 0 aliphatic rings. The van der Waals surface area contributed by atoms with E-state index in [0.717, 1.165) is 0 Å². The zero-order valence-electron chi connectivity index (χ0n) is 9.45. The van der Waals surface area contributed by atoms with Crippen LogP contribution in [0.2, 0.25) is 15.2 Å². The Hall–Kier alpha value is -1.49. The minimum Gasteiger partial charge on any atom is -0.397 e. The van der Waals surface area contributed by atoms with Crippen LogP contribution in [0.15, 0.2) is 30.5 Å². The van der Waals surface area contributed by atoms with Gasteiger partial charge in [0, 0.05) is 15.7 Å². The molecule has 0 spiro atoms. The van der Waals surface area contributed by atoms with Gasteiger partial charge in [0.2, 0.25) is 0 Å². The number of anilines is 2. The Morgan fingerprint density at radius 2 is 1.74 bits per heavy atom. The Morgan fingerprint density at radius 1 is 1.11 bits per heavy atom. The first kappa shape index (κ1) is 13.9. The SMILES string of the molecule is Nc1cnc(Cl)c(C(=O)Nc2cc(Cl)cc(Cl)c2)c1. The van der Waals surface area contributed by atoms with Crippen LogP contribution in [-0.2, 0) is 0 Å². The fourth-order valence-corrected chi connectivity index (χ4v) is 2.16. The van der Waals surface area contributed by atoms with Gasteiger partial charge in [0.05, 0.1) is 17.4 Å². The highest BCUT2D eigenvalue weighted by molar-refractivity contribution is 6.35. The maximum absolute atomic E-state index is 12.0. The number of carbonyl (C=O) groups is 1. The monoisotopic (exact) mass is 315 g/mol. The molecule has 0 unspecified atom stereocenters. The molecule has 0 bridgehead atoms. The topological polar surface area (TPSA) is 68.0 Å². The highest BCUT2D eigenvalue weighted by Gasteiger charge is 2.12. The van der Waals surface area contributed by atoms with Gasteiger partial charge in [-0.2, -0.15) is 0 Å². The van der Waals surface area contributed by atoms with Gasteiger partial charge in [-0.05, 0) is 24.3 Å². The molecule has 0 atom stereocenters. The summed E-state index contributed by atoms with van der Waals surface area (Å²) < 4.78 is 0. The Kier molecular flexibility index (Phi) is 4.14. The molecule has 4 nitrogen and oxygen atoms in total. The van der Waals surface area contributed by atoms with Crippen LogP contribution in [0.5, 0.6) is 0 Å². The molecule has 2 aromatic rings. The number of hydrogen-bond donors (Lipinski definition) is 2. The van der Waals surface area contributed by atoms with E-state index in [4.69, 9.17) is 40.5 Å². The third kappa shape index (κ3) is 3.50. The van der Waals surface area contributed by atoms with Gasteiger partial charge in [0.15, 0.2) is 0 Å². The van der Waals surface area contributed by atoms with E-state index in [1.807, 2.05) is 0 Å². The molecule has 0 saturated heterocycles. The van der Waals surface area contributed by atoms with E-state index >= 15 is 0 Å². The number of amides is 1. The molecule has 1 aromatic carbocycles. The van der Waals surface area contributed by atoms with Crippen molar-refractivity contribution in [3.05, 3.63) is 51.2 Å². The van der Waals surface area contributed by atoms with Crippen LogP contribution in [0.3, 0.4) is 0 Å². The Bertz CT molecular complexity index is 626. The van der Waals surface area contributed by atoms with E-state index in [9.17, 15) is 4.79 Å². The zero-order valence-corrected chi connectivity index (χ0v) is 11.7. The second-order valence-electron chi connectivity index (χ2n) is 3.72. The standard InChI is InChI=1S/C12H8Cl3N3O/c13-6-1-7(14)3-9(2-6)18-12(19)10-4-8(16)5-17-11(10)15/h1-5H,16H2,(H,18,19). The van der Waals surface area contributed by atoms with Crippen LogP contribution >= 0.6 is 34.8 Å². The van der Waals surface area contributed by atoms with Crippen molar-refractivity contribution in [1.82, 2.24) is 4.98 Å². The van der Waals surface area contributed by atoms with Crippen LogP contribution in [0.4, 0.5) is 11.4 Å². The summed E-state index contributed by atoms with van der Waals surface area (Å²) in [6.45, 7) is 0. The quantitative estimate of drug-likeness (QED) is 0.826. The molecule has 0 aliphatic carbocycles. The van der Waals surface area contributed by atoms with Crippen LogP contribution in [0.25, 0.3) is 0 Å². The average molecular weight is 317 g/mol. The maximum Gasteiger partial charge on any atom is 0.258 e. The van der Waals surface area contributed by atoms with E-state index in [0.29, 0.717) is 21.4 Å². The highest BCUT2D eigenvalue weighted by Crippen LogP contribution is 2.24. The number of carbonyl (C=O) groups excluding carboxylic acids is 1. The molecule has 1 amide bonds. The molecule has 7 heteroatoms. The first-order chi connectivity index (χ1) is 8.95. The van der Waals surface area contributed by atoms with Crippen LogP contribution in [0, 0.1) is 0 Å². The lowest BCUT2D eigenvalue weighted by Gasteiger charge is -2.08. The number of nitrogens with zero attached hydrogens (tertiary/aromatic N) is 1. The number of hydrogen-bond acceptors (Lipinski definition) is 3. The fourth-order valence-electron chi connectivity index (χ4n) is 1.45. The minimum absolute atomic E-state index is 0.0693. The summed E-state index contributed by atoms with van der Waals surface area (Å²) in [5.74, 6) is -0.442. The molecule has 98 valence electrons. The van der Waals surface area contributed by atoms with Crippen molar-refractivity contribution in [2.75, 3.05) is 11.1 Å². The number of rotatable bonds is 2. The van der Waals surface area contributed by atoms with Gasteiger partial charge >= 0.3 is 0 Å². The number of nitrogen functional groups attached to an aromatic ring is 1. The fraction of sp³-hybridized carbons (Fsp3) is 0. The first-order valence-corrected chi connectivity index (χ1v) is 6.27. The van der Waals surface area contributed by atoms with E-state index in [-0.39, 0.29) is 10.7 Å². The van der Waals surface area contributed by atoms with Crippen molar-refractivity contribution in [2.24, 2.45) is 0 Å². The first-order valence-electron chi connectivity index (χ1n) is 5.14. The molecule has 1 aromatic heterocycles. The lowest BCUT2D eigenvalue weighted by Crippen LogP contribution is -2.13. The van der Waals surface area contributed by atoms with E-state index in [1.165, 1.54) is 12.3 Å². The van der Waals surface area contributed by atoms with Crippen LogP contribution in [0.1, 0.15) is 10.4 Å². The van der Waals surface area contributed by atoms with Crippen molar-refractivity contribution in [3.8, 4) is 0 Å². The summed E-state index contributed by atoms with van der Waals surface area (Å²) >= 11 is 17.5. The number of nitrogens with one attached hydrogen (secondary N) is 1. The number of halogens is 3. The third-order valence-corrected chi connectivity index (χ3v) is 2.96. The smallest absolute Gasteiger partial charge is 0.258 e. The van der Waals surface area contributed by atoms with Gasteiger partial charge < -0.3 is 11.1 Å². The number of benzene rings is 1. The molecule has 19 heavy (non-hydrogen) atoms. The van der Waals surface area contributed by atoms with Gasteiger partial charge in [0.1, 0.15) is 5.15 Å². The summed E-state index contributed by atoms with van der Waals surface area (Å²) in [7, 11) is 0. The zero-order chi connectivity index (χ0) is 14.0. The van der Waals surface area contributed by atoms with Crippen molar-refractivity contribution in [1.29, 1.82) is 0 Å². The van der Waals surface area contributed by atoms with E-state index < -0.39 is 5.91 Å². The summed E-state index contributed by atoms with van der Waals surface area (Å²) in [5, 5.41) is 3.52. The van der Waals surface area contributed by atoms with E-state index in [2.05, 4.69) is 10.3 Å². The molecule has 0 saturated carbocycles. The lowest BCUT2D eigenvalue weighted by molar-refractivity contribution is 0.102. The predicted molar refractivity (Wildman–Crippen MR) is 78.1 cm³/mol. The van der Waals surface area contributed by atoms with Crippen molar-refractivity contribution in [3.63, 3.8) is 0 Å². The van der Waals surface area contributed by atoms with Gasteiger partial charge in [-0.3, -0.25) is 4.79 Å². The Balaban J connectivity index is 2.28. The van der Waals surface area contributed by atoms with E-state index in [1.54, 1.807) is 18.2 Å². The summed E-state index contributed by atoms with van der Waals surface area (Å²) in [6.07, 6.45) is 1.37. The van der Waals surface area contributed by atoms with Gasteiger partial charge in [-0.1, -0.05) is 34.8 Å². The average Bonchev–Trinajstić information content (AvgIpc) is 2.30. The lowest BCUT2D eigenvalue weighted by atomic mass is 10.2. The molecule has 2 rings (SSSR count). The number of aromatic nitrogens is 1. The highest BCUT2D eigenvalue weighted by atomic mass is 35.5. The molecule has 3 N–H and O–H groups in total. The second-order valence-corrected chi connectivity index (χ2v) is 4.95. The summed E-state index contributed by atoms with van der Waals surface area (Å²) in [5.41, 5.74) is 6.55. The summed E-state index contributed by atoms with van der Waals surface area (Å²) in [6, 6.07) is 6.14. The van der Waals surface area contributed by atoms with Crippen LogP contribution < -0.4 is 11.1 Å². The second kappa shape index (κ2) is 5.65. The molecular weight excluding hydrogens is 309 g/mol. The van der Waals surface area contributed by atoms with Gasteiger partial charge in [-0.15, -0.1) is 0 Å². The predicted octanol–water partition coefficient (Wildman–Crippen LogP) is 3.88. The molecule has 1 heterocycles. The third-order valence-electron chi connectivity index (χ3n) is 2.23. The normalized spacial score (nSPS) is 10.3. The van der Waals surface area contributed by atoms with Crippen LogP contribution in [-0.4, -0.2) is 10.9 Å².